The highest BCUT2D eigenvalue weighted by Crippen LogP contribution is 2.27. The molecule has 0 saturated carbocycles. The minimum atomic E-state index is -3.91. The highest BCUT2D eigenvalue weighted by molar-refractivity contribution is 9.10. The van der Waals surface area contributed by atoms with E-state index in [2.05, 4.69) is 21.2 Å². The third-order valence-electron chi connectivity index (χ3n) is 5.70. The average molecular weight is 641 g/mol. The van der Waals surface area contributed by atoms with E-state index in [1.165, 1.54) is 23.1 Å². The van der Waals surface area contributed by atoms with Gasteiger partial charge in [-0.05, 0) is 48.4 Å². The van der Waals surface area contributed by atoms with Crippen LogP contribution in [-0.2, 0) is 32.6 Å². The summed E-state index contributed by atoms with van der Waals surface area (Å²) in [5, 5.41) is 3.27. The van der Waals surface area contributed by atoms with Gasteiger partial charge in [0.2, 0.25) is 21.8 Å². The van der Waals surface area contributed by atoms with Gasteiger partial charge in [0.1, 0.15) is 12.6 Å². The van der Waals surface area contributed by atoms with E-state index in [1.807, 2.05) is 54.6 Å². The molecule has 1 N–H and O–H groups in total. The number of halogens is 3. The topological polar surface area (TPSA) is 86.8 Å². The molecule has 3 aromatic rings. The SMILES string of the molecule is CCNC(=O)[C@H](Cc1ccccc1)N(Cc1ccc(Br)cc1)C(=O)CN(c1cc(Cl)cc(Cl)c1)S(C)(=O)=O. The van der Waals surface area contributed by atoms with Crippen molar-refractivity contribution in [2.24, 2.45) is 0 Å². The summed E-state index contributed by atoms with van der Waals surface area (Å²) < 4.78 is 27.4. The molecule has 0 radical (unpaired) electrons. The number of amides is 2. The van der Waals surface area contributed by atoms with Gasteiger partial charge in [0.05, 0.1) is 11.9 Å². The number of nitrogens with zero attached hydrogens (tertiary/aromatic N) is 2. The van der Waals surface area contributed by atoms with Crippen LogP contribution in [0.25, 0.3) is 0 Å². The lowest BCUT2D eigenvalue weighted by atomic mass is 10.0. The molecule has 1 atom stereocenters. The van der Waals surface area contributed by atoms with Crippen molar-refractivity contribution >= 4 is 66.7 Å². The van der Waals surface area contributed by atoms with Gasteiger partial charge in [-0.15, -0.1) is 0 Å². The van der Waals surface area contributed by atoms with Gasteiger partial charge in [-0.1, -0.05) is 81.6 Å². The van der Waals surface area contributed by atoms with Crippen LogP contribution < -0.4 is 9.62 Å². The molecule has 0 unspecified atom stereocenters. The summed E-state index contributed by atoms with van der Waals surface area (Å²) >= 11 is 15.7. The lowest BCUT2D eigenvalue weighted by molar-refractivity contribution is -0.140. The summed E-state index contributed by atoms with van der Waals surface area (Å²) in [6, 6.07) is 20.1. The zero-order valence-corrected chi connectivity index (χ0v) is 24.8. The average Bonchev–Trinajstić information content (AvgIpc) is 2.85. The number of sulfonamides is 1. The Morgan fingerprint density at radius 2 is 1.55 bits per heavy atom. The van der Waals surface area contributed by atoms with Crippen molar-refractivity contribution < 1.29 is 18.0 Å². The zero-order chi connectivity index (χ0) is 27.9. The lowest BCUT2D eigenvalue weighted by Gasteiger charge is -2.33. The molecule has 2 amide bonds. The number of anilines is 1. The Kier molecular flexibility index (Phi) is 10.6. The van der Waals surface area contributed by atoms with E-state index in [1.54, 1.807) is 6.92 Å². The first-order chi connectivity index (χ1) is 18.0. The molecule has 3 aromatic carbocycles. The second-order valence-electron chi connectivity index (χ2n) is 8.65. The fraction of sp³-hybridized carbons (Fsp3) is 0.259. The quantitative estimate of drug-likeness (QED) is 0.308. The van der Waals surface area contributed by atoms with Crippen molar-refractivity contribution in [1.82, 2.24) is 10.2 Å². The number of nitrogens with one attached hydrogen (secondary N) is 1. The smallest absolute Gasteiger partial charge is 0.244 e. The maximum absolute atomic E-state index is 13.9. The Labute approximate surface area is 241 Å². The monoisotopic (exact) mass is 639 g/mol. The molecule has 11 heteroatoms. The van der Waals surface area contributed by atoms with Crippen LogP contribution >= 0.6 is 39.1 Å². The minimum Gasteiger partial charge on any atom is -0.355 e. The first kappa shape index (κ1) is 30.0. The number of hydrogen-bond acceptors (Lipinski definition) is 4. The molecule has 0 aromatic heterocycles. The largest absolute Gasteiger partial charge is 0.355 e. The fourth-order valence-corrected chi connectivity index (χ4v) is 5.54. The van der Waals surface area contributed by atoms with Gasteiger partial charge < -0.3 is 10.2 Å². The lowest BCUT2D eigenvalue weighted by Crippen LogP contribution is -2.53. The number of benzene rings is 3. The molecular formula is C27H28BrCl2N3O4S. The summed E-state index contributed by atoms with van der Waals surface area (Å²) in [5.74, 6) is -0.889. The van der Waals surface area contributed by atoms with Crippen LogP contribution in [0.5, 0.6) is 0 Å². The number of carbonyl (C=O) groups excluding carboxylic acids is 2. The van der Waals surface area contributed by atoms with Crippen molar-refractivity contribution in [3.05, 3.63) is 98.4 Å². The number of likely N-dealkylation sites (N-methyl/N-ethyl adjacent to an activating group) is 1. The molecule has 0 heterocycles. The minimum absolute atomic E-state index is 0.0919. The van der Waals surface area contributed by atoms with Crippen LogP contribution in [0, 0.1) is 0 Å². The van der Waals surface area contributed by atoms with Crippen LogP contribution in [0.1, 0.15) is 18.1 Å². The number of hydrogen-bond donors (Lipinski definition) is 1. The van der Waals surface area contributed by atoms with Crippen molar-refractivity contribution in [3.63, 3.8) is 0 Å². The van der Waals surface area contributed by atoms with Crippen LogP contribution in [0.2, 0.25) is 10.0 Å². The Morgan fingerprint density at radius 3 is 2.11 bits per heavy atom. The van der Waals surface area contributed by atoms with E-state index in [-0.39, 0.29) is 34.6 Å². The maximum Gasteiger partial charge on any atom is 0.244 e. The standard InChI is InChI=1S/C27H28BrCl2N3O4S/c1-3-31-27(35)25(13-19-7-5-4-6-8-19)32(17-20-9-11-21(28)12-10-20)26(34)18-33(38(2,36)37)24-15-22(29)14-23(30)16-24/h4-12,14-16,25H,3,13,17-18H2,1-2H3,(H,31,35)/t25-/m0/s1. The van der Waals surface area contributed by atoms with Gasteiger partial charge in [0.15, 0.2) is 0 Å². The second-order valence-corrected chi connectivity index (χ2v) is 12.3. The molecule has 0 bridgehead atoms. The normalized spacial score (nSPS) is 12.0. The molecule has 0 aliphatic heterocycles. The third-order valence-corrected chi connectivity index (χ3v) is 7.81. The van der Waals surface area contributed by atoms with Crippen molar-refractivity contribution in [1.29, 1.82) is 0 Å². The molecule has 0 aliphatic rings. The summed E-state index contributed by atoms with van der Waals surface area (Å²) in [6.07, 6.45) is 1.25. The van der Waals surface area contributed by atoms with E-state index < -0.39 is 28.5 Å². The van der Waals surface area contributed by atoms with Gasteiger partial charge in [-0.2, -0.15) is 0 Å². The Hall–Kier alpha value is -2.59. The van der Waals surface area contributed by atoms with Crippen molar-refractivity contribution in [3.8, 4) is 0 Å². The molecule has 202 valence electrons. The zero-order valence-electron chi connectivity index (χ0n) is 20.9. The van der Waals surface area contributed by atoms with Crippen LogP contribution in [0.15, 0.2) is 77.3 Å². The van der Waals surface area contributed by atoms with E-state index in [9.17, 15) is 18.0 Å². The van der Waals surface area contributed by atoms with Crippen LogP contribution in [0.4, 0.5) is 5.69 Å². The Morgan fingerprint density at radius 1 is 0.947 bits per heavy atom. The summed E-state index contributed by atoms with van der Waals surface area (Å²) in [5.41, 5.74) is 1.79. The second kappa shape index (κ2) is 13.5. The molecule has 0 spiro atoms. The first-order valence-electron chi connectivity index (χ1n) is 11.8. The molecule has 0 fully saturated rings. The maximum atomic E-state index is 13.9. The summed E-state index contributed by atoms with van der Waals surface area (Å²) in [7, 11) is -3.91. The van der Waals surface area contributed by atoms with Gasteiger partial charge in [-0.25, -0.2) is 8.42 Å². The number of carbonyl (C=O) groups is 2. The summed E-state index contributed by atoms with van der Waals surface area (Å²) in [6.45, 7) is 1.72. The van der Waals surface area contributed by atoms with Crippen LogP contribution in [-0.4, -0.2) is 50.5 Å². The van der Waals surface area contributed by atoms with Gasteiger partial charge in [0, 0.05) is 34.0 Å². The summed E-state index contributed by atoms with van der Waals surface area (Å²) in [4.78, 5) is 28.6. The Balaban J connectivity index is 2.05. The molecule has 38 heavy (non-hydrogen) atoms. The predicted molar refractivity (Wildman–Crippen MR) is 156 cm³/mol. The van der Waals surface area contributed by atoms with E-state index in [0.29, 0.717) is 6.54 Å². The predicted octanol–water partition coefficient (Wildman–Crippen LogP) is 5.30. The van der Waals surface area contributed by atoms with E-state index in [4.69, 9.17) is 23.2 Å². The molecule has 0 aliphatic carbocycles. The first-order valence-corrected chi connectivity index (χ1v) is 15.2. The fourth-order valence-electron chi connectivity index (χ4n) is 3.93. The molecule has 7 nitrogen and oxygen atoms in total. The highest BCUT2D eigenvalue weighted by atomic mass is 79.9. The Bertz CT molecular complexity index is 1350. The molecule has 0 saturated heterocycles. The van der Waals surface area contributed by atoms with Crippen molar-refractivity contribution in [2.75, 3.05) is 23.7 Å². The number of rotatable bonds is 11. The van der Waals surface area contributed by atoms with Gasteiger partial charge in [0.25, 0.3) is 0 Å². The van der Waals surface area contributed by atoms with Crippen LogP contribution in [0.3, 0.4) is 0 Å². The molecule has 3 rings (SSSR count). The van der Waals surface area contributed by atoms with E-state index in [0.717, 1.165) is 26.2 Å². The van der Waals surface area contributed by atoms with Gasteiger partial charge in [-0.3, -0.25) is 13.9 Å². The highest BCUT2D eigenvalue weighted by Gasteiger charge is 2.33. The van der Waals surface area contributed by atoms with E-state index >= 15 is 0 Å². The third kappa shape index (κ3) is 8.46. The molecular weight excluding hydrogens is 613 g/mol. The van der Waals surface area contributed by atoms with Gasteiger partial charge >= 0.3 is 0 Å². The van der Waals surface area contributed by atoms with Crippen molar-refractivity contribution in [2.45, 2.75) is 25.9 Å².